The van der Waals surface area contributed by atoms with E-state index in [-0.39, 0.29) is 11.5 Å². The first kappa shape index (κ1) is 21.8. The fraction of sp³-hybridized carbons (Fsp3) is 0.261. The molecule has 0 bridgehead atoms. The van der Waals surface area contributed by atoms with Gasteiger partial charge in [-0.05, 0) is 68.3 Å². The third-order valence-electron chi connectivity index (χ3n) is 5.19. The Hall–Kier alpha value is -3.46. The molecule has 4 rings (SSSR count). The maximum absolute atomic E-state index is 12.7. The van der Waals surface area contributed by atoms with E-state index >= 15 is 0 Å². The number of ether oxygens (including phenoxy) is 1. The van der Waals surface area contributed by atoms with Gasteiger partial charge in [-0.2, -0.15) is 0 Å². The first-order chi connectivity index (χ1) is 15.5. The summed E-state index contributed by atoms with van der Waals surface area (Å²) in [6.45, 7) is 3.98. The number of hydrogen-bond donors (Lipinski definition) is 1. The fourth-order valence-electron chi connectivity index (χ4n) is 3.50. The van der Waals surface area contributed by atoms with Crippen molar-refractivity contribution in [3.05, 3.63) is 66.2 Å². The van der Waals surface area contributed by atoms with E-state index in [1.807, 2.05) is 12.1 Å². The topological polar surface area (TPSA) is 101 Å². The lowest BCUT2D eigenvalue weighted by molar-refractivity contribution is 0.0526. The van der Waals surface area contributed by atoms with Gasteiger partial charge >= 0.3 is 5.97 Å². The molecule has 1 fully saturated rings. The molecule has 0 saturated carbocycles. The van der Waals surface area contributed by atoms with Gasteiger partial charge in [0.25, 0.3) is 10.0 Å². The summed E-state index contributed by atoms with van der Waals surface area (Å²) in [7, 11) is -3.80. The number of sulfonamides is 1. The van der Waals surface area contributed by atoms with Crippen molar-refractivity contribution in [3.63, 3.8) is 0 Å². The van der Waals surface area contributed by atoms with E-state index in [4.69, 9.17) is 4.74 Å². The summed E-state index contributed by atoms with van der Waals surface area (Å²) in [5.41, 5.74) is 2.28. The van der Waals surface area contributed by atoms with Gasteiger partial charge in [0.05, 0.1) is 22.8 Å². The molecule has 1 N–H and O–H groups in total. The molecule has 0 spiro atoms. The van der Waals surface area contributed by atoms with Gasteiger partial charge in [0, 0.05) is 24.3 Å². The summed E-state index contributed by atoms with van der Waals surface area (Å²) in [4.78, 5) is 14.0. The highest BCUT2D eigenvalue weighted by Crippen LogP contribution is 2.24. The van der Waals surface area contributed by atoms with Crippen molar-refractivity contribution in [1.82, 2.24) is 10.2 Å². The highest BCUT2D eigenvalue weighted by molar-refractivity contribution is 7.92. The third kappa shape index (κ3) is 4.88. The van der Waals surface area contributed by atoms with Gasteiger partial charge < -0.3 is 9.64 Å². The van der Waals surface area contributed by atoms with Gasteiger partial charge in [-0.3, -0.25) is 4.72 Å². The lowest BCUT2D eigenvalue weighted by Crippen LogP contribution is -2.19. The number of aromatic nitrogens is 2. The number of benzene rings is 2. The second-order valence-corrected chi connectivity index (χ2v) is 9.08. The zero-order valence-corrected chi connectivity index (χ0v) is 18.5. The maximum Gasteiger partial charge on any atom is 0.338 e. The summed E-state index contributed by atoms with van der Waals surface area (Å²) in [6.07, 6.45) is 2.35. The van der Waals surface area contributed by atoms with Crippen LogP contribution in [0.2, 0.25) is 0 Å². The van der Waals surface area contributed by atoms with E-state index in [1.54, 1.807) is 31.2 Å². The van der Waals surface area contributed by atoms with Gasteiger partial charge in [0.1, 0.15) is 0 Å². The summed E-state index contributed by atoms with van der Waals surface area (Å²) in [6, 6.07) is 16.4. The zero-order valence-electron chi connectivity index (χ0n) is 17.7. The lowest BCUT2D eigenvalue weighted by atomic mass is 10.1. The Kier molecular flexibility index (Phi) is 6.36. The third-order valence-corrected chi connectivity index (χ3v) is 6.59. The van der Waals surface area contributed by atoms with Crippen LogP contribution in [0.5, 0.6) is 0 Å². The Morgan fingerprint density at radius 1 is 0.969 bits per heavy atom. The molecule has 2 heterocycles. The lowest BCUT2D eigenvalue weighted by Gasteiger charge is -2.15. The average molecular weight is 453 g/mol. The van der Waals surface area contributed by atoms with Crippen LogP contribution in [-0.2, 0) is 14.8 Å². The molecule has 0 radical (unpaired) electrons. The van der Waals surface area contributed by atoms with E-state index in [1.165, 1.54) is 37.1 Å². The number of anilines is 2. The molecule has 9 heteroatoms. The molecule has 0 amide bonds. The van der Waals surface area contributed by atoms with Gasteiger partial charge in [0.15, 0.2) is 5.82 Å². The SMILES string of the molecule is CCOC(=O)c1ccc(S(=O)(=O)Nc2ccc(-c3ccc(N4CCCC4)nn3)cc2)cc1. The van der Waals surface area contributed by atoms with E-state index < -0.39 is 16.0 Å². The van der Waals surface area contributed by atoms with Crippen LogP contribution >= 0.6 is 0 Å². The molecule has 2 aromatic carbocycles. The minimum Gasteiger partial charge on any atom is -0.462 e. The number of nitrogens with zero attached hydrogens (tertiary/aromatic N) is 3. The van der Waals surface area contributed by atoms with E-state index in [9.17, 15) is 13.2 Å². The Morgan fingerprint density at radius 3 is 2.25 bits per heavy atom. The molecule has 1 aliphatic heterocycles. The molecule has 1 aromatic heterocycles. The molecule has 0 unspecified atom stereocenters. The van der Waals surface area contributed by atoms with Crippen molar-refractivity contribution in [2.24, 2.45) is 0 Å². The van der Waals surface area contributed by atoms with Crippen molar-refractivity contribution in [2.45, 2.75) is 24.7 Å². The standard InChI is InChI=1S/C23H24N4O4S/c1-2-31-23(28)18-7-11-20(12-8-18)32(29,30)26-19-9-5-17(6-10-19)21-13-14-22(25-24-21)27-15-3-4-16-27/h5-14,26H,2-4,15-16H2,1H3. The minimum atomic E-state index is -3.80. The van der Waals surface area contributed by atoms with Crippen LogP contribution in [0.4, 0.5) is 11.5 Å². The quantitative estimate of drug-likeness (QED) is 0.545. The molecule has 32 heavy (non-hydrogen) atoms. The van der Waals surface area contributed by atoms with Crippen LogP contribution in [0.15, 0.2) is 65.6 Å². The van der Waals surface area contributed by atoms with Crippen molar-refractivity contribution in [1.29, 1.82) is 0 Å². The number of esters is 1. The first-order valence-corrected chi connectivity index (χ1v) is 11.9. The van der Waals surface area contributed by atoms with Crippen molar-refractivity contribution < 1.29 is 17.9 Å². The predicted molar refractivity (Wildman–Crippen MR) is 122 cm³/mol. The number of nitrogens with one attached hydrogen (secondary N) is 1. The maximum atomic E-state index is 12.7. The normalized spacial score (nSPS) is 13.7. The second kappa shape index (κ2) is 9.35. The minimum absolute atomic E-state index is 0.0537. The molecule has 1 saturated heterocycles. The molecule has 1 aliphatic rings. The van der Waals surface area contributed by atoms with E-state index in [0.29, 0.717) is 11.3 Å². The smallest absolute Gasteiger partial charge is 0.338 e. The predicted octanol–water partition coefficient (Wildman–Crippen LogP) is 3.72. The monoisotopic (exact) mass is 452 g/mol. The van der Waals surface area contributed by atoms with Crippen LogP contribution in [0.1, 0.15) is 30.1 Å². The Labute approximate surface area is 187 Å². The Bertz CT molecular complexity index is 1170. The molecule has 166 valence electrons. The summed E-state index contributed by atoms with van der Waals surface area (Å²) in [5, 5.41) is 8.63. The molecule has 8 nitrogen and oxygen atoms in total. The second-order valence-electron chi connectivity index (χ2n) is 7.40. The Balaban J connectivity index is 1.44. The molecular weight excluding hydrogens is 428 g/mol. The van der Waals surface area contributed by atoms with Gasteiger partial charge in [-0.25, -0.2) is 13.2 Å². The zero-order chi connectivity index (χ0) is 22.6. The molecule has 0 atom stereocenters. The number of hydrogen-bond acceptors (Lipinski definition) is 7. The van der Waals surface area contributed by atoms with Gasteiger partial charge in [-0.15, -0.1) is 10.2 Å². The van der Waals surface area contributed by atoms with Crippen LogP contribution in [0.3, 0.4) is 0 Å². The highest BCUT2D eigenvalue weighted by atomic mass is 32.2. The average Bonchev–Trinajstić information content (AvgIpc) is 3.35. The molecular formula is C23H24N4O4S. The van der Waals surface area contributed by atoms with Crippen LogP contribution in [-0.4, -0.2) is 44.3 Å². The van der Waals surface area contributed by atoms with Crippen molar-refractivity contribution in [2.75, 3.05) is 29.3 Å². The highest BCUT2D eigenvalue weighted by Gasteiger charge is 2.16. The van der Waals surface area contributed by atoms with Crippen LogP contribution in [0, 0.1) is 0 Å². The van der Waals surface area contributed by atoms with E-state index in [0.717, 1.165) is 30.2 Å². The number of carbonyl (C=O) groups excluding carboxylic acids is 1. The van der Waals surface area contributed by atoms with Gasteiger partial charge in [-0.1, -0.05) is 12.1 Å². The summed E-state index contributed by atoms with van der Waals surface area (Å²) >= 11 is 0. The summed E-state index contributed by atoms with van der Waals surface area (Å²) < 4.78 is 32.8. The summed E-state index contributed by atoms with van der Waals surface area (Å²) in [5.74, 6) is 0.390. The van der Waals surface area contributed by atoms with Gasteiger partial charge in [0.2, 0.25) is 0 Å². The number of carbonyl (C=O) groups is 1. The number of rotatable bonds is 7. The van der Waals surface area contributed by atoms with Crippen LogP contribution < -0.4 is 9.62 Å². The Morgan fingerprint density at radius 2 is 1.66 bits per heavy atom. The van der Waals surface area contributed by atoms with Crippen molar-refractivity contribution >= 4 is 27.5 Å². The van der Waals surface area contributed by atoms with Crippen molar-refractivity contribution in [3.8, 4) is 11.3 Å². The van der Waals surface area contributed by atoms with Crippen LogP contribution in [0.25, 0.3) is 11.3 Å². The molecule has 0 aliphatic carbocycles. The van der Waals surface area contributed by atoms with E-state index in [2.05, 4.69) is 19.8 Å². The molecule has 3 aromatic rings. The first-order valence-electron chi connectivity index (χ1n) is 10.5. The fourth-order valence-corrected chi connectivity index (χ4v) is 4.56. The largest absolute Gasteiger partial charge is 0.462 e.